The van der Waals surface area contributed by atoms with Crippen molar-refractivity contribution in [2.45, 2.75) is 25.7 Å². The first kappa shape index (κ1) is 14.8. The summed E-state index contributed by atoms with van der Waals surface area (Å²) in [4.78, 5) is 17.1. The van der Waals surface area contributed by atoms with Gasteiger partial charge >= 0.3 is 5.69 Å². The van der Waals surface area contributed by atoms with Gasteiger partial charge in [0, 0.05) is 25.8 Å². The molecule has 1 aromatic heterocycles. The van der Waals surface area contributed by atoms with Crippen LogP contribution in [0.1, 0.15) is 25.7 Å². The molecule has 5 nitrogen and oxygen atoms in total. The maximum absolute atomic E-state index is 11.7. The second kappa shape index (κ2) is 6.04. The van der Waals surface area contributed by atoms with Gasteiger partial charge in [0.25, 0.3) is 0 Å². The van der Waals surface area contributed by atoms with Gasteiger partial charge in [0.2, 0.25) is 0 Å². The normalized spacial score (nSPS) is 21.2. The highest BCUT2D eigenvalue weighted by atomic mass is 16.1. The summed E-state index contributed by atoms with van der Waals surface area (Å²) in [5, 5.41) is 3.47. The second-order valence-corrected chi connectivity index (χ2v) is 7.10. The lowest BCUT2D eigenvalue weighted by atomic mass is 9.79. The molecule has 0 saturated carbocycles. The van der Waals surface area contributed by atoms with E-state index in [0.717, 1.165) is 36.0 Å². The first-order chi connectivity index (χ1) is 11.2. The number of aryl methyl sites for hydroxylation is 1. The fraction of sp³-hybridized carbons (Fsp3) is 0.611. The van der Waals surface area contributed by atoms with E-state index in [0.29, 0.717) is 0 Å². The Hall–Kier alpha value is -1.75. The minimum atomic E-state index is -0.0400. The van der Waals surface area contributed by atoms with Crippen LogP contribution >= 0.6 is 0 Å². The fourth-order valence-electron chi connectivity index (χ4n) is 4.35. The number of imidazole rings is 1. The molecule has 2 aliphatic rings. The molecular weight excluding hydrogens is 288 g/mol. The first-order valence-electron chi connectivity index (χ1n) is 8.87. The largest absolute Gasteiger partial charge is 0.371 e. The Bertz CT molecular complexity index is 733. The number of anilines is 1. The van der Waals surface area contributed by atoms with Crippen LogP contribution in [0, 0.1) is 11.8 Å². The van der Waals surface area contributed by atoms with Crippen LogP contribution in [-0.2, 0) is 7.05 Å². The van der Waals surface area contributed by atoms with Crippen molar-refractivity contribution in [2.75, 3.05) is 31.1 Å². The summed E-state index contributed by atoms with van der Waals surface area (Å²) in [5.41, 5.74) is 3.12. The SMILES string of the molecule is Cn1c(=O)[nH]c2ccc(N3CCC(C4CCNCC4)CC3)cc21. The maximum Gasteiger partial charge on any atom is 0.326 e. The van der Waals surface area contributed by atoms with Gasteiger partial charge in [0.05, 0.1) is 11.0 Å². The number of nitrogens with zero attached hydrogens (tertiary/aromatic N) is 2. The lowest BCUT2D eigenvalue weighted by Gasteiger charge is -2.38. The van der Waals surface area contributed by atoms with E-state index in [1.807, 2.05) is 13.1 Å². The number of nitrogens with one attached hydrogen (secondary N) is 2. The number of rotatable bonds is 2. The number of aromatic amines is 1. The third-order valence-corrected chi connectivity index (χ3v) is 5.84. The third kappa shape index (κ3) is 2.78. The molecule has 2 aliphatic heterocycles. The Morgan fingerprint density at radius 2 is 1.74 bits per heavy atom. The average Bonchev–Trinajstić information content (AvgIpc) is 2.90. The molecule has 0 bridgehead atoms. The van der Waals surface area contributed by atoms with E-state index in [9.17, 15) is 4.79 Å². The molecule has 0 aliphatic carbocycles. The summed E-state index contributed by atoms with van der Waals surface area (Å²) in [6, 6.07) is 6.33. The molecule has 4 rings (SSSR count). The minimum Gasteiger partial charge on any atom is -0.371 e. The predicted octanol–water partition coefficient (Wildman–Crippen LogP) is 2.08. The molecule has 1 aromatic carbocycles. The summed E-state index contributed by atoms with van der Waals surface area (Å²) >= 11 is 0. The van der Waals surface area contributed by atoms with Crippen molar-refractivity contribution < 1.29 is 0 Å². The van der Waals surface area contributed by atoms with Gasteiger partial charge in [-0.2, -0.15) is 0 Å². The van der Waals surface area contributed by atoms with Crippen LogP contribution in [0.25, 0.3) is 11.0 Å². The Morgan fingerprint density at radius 3 is 2.48 bits per heavy atom. The Balaban J connectivity index is 1.47. The van der Waals surface area contributed by atoms with E-state index in [-0.39, 0.29) is 5.69 Å². The van der Waals surface area contributed by atoms with E-state index in [1.54, 1.807) is 4.57 Å². The molecule has 0 spiro atoms. The van der Waals surface area contributed by atoms with Crippen molar-refractivity contribution in [3.05, 3.63) is 28.7 Å². The molecule has 2 N–H and O–H groups in total. The molecule has 124 valence electrons. The Morgan fingerprint density at radius 1 is 1.04 bits per heavy atom. The van der Waals surface area contributed by atoms with Crippen LogP contribution in [0.4, 0.5) is 5.69 Å². The third-order valence-electron chi connectivity index (χ3n) is 5.84. The molecule has 0 atom stereocenters. The summed E-state index contributed by atoms with van der Waals surface area (Å²) < 4.78 is 1.70. The summed E-state index contributed by atoms with van der Waals surface area (Å²) in [5.74, 6) is 1.82. The highest BCUT2D eigenvalue weighted by Gasteiger charge is 2.27. The van der Waals surface area contributed by atoms with Gasteiger partial charge in [-0.25, -0.2) is 4.79 Å². The second-order valence-electron chi connectivity index (χ2n) is 7.10. The molecule has 23 heavy (non-hydrogen) atoms. The first-order valence-corrected chi connectivity index (χ1v) is 8.87. The van der Waals surface area contributed by atoms with E-state index in [2.05, 4.69) is 27.3 Å². The van der Waals surface area contributed by atoms with Crippen LogP contribution in [0.2, 0.25) is 0 Å². The number of hydrogen-bond acceptors (Lipinski definition) is 3. The number of piperidine rings is 2. The van der Waals surface area contributed by atoms with Crippen LogP contribution < -0.4 is 15.9 Å². The molecule has 0 radical (unpaired) electrons. The zero-order valence-corrected chi connectivity index (χ0v) is 13.8. The smallest absolute Gasteiger partial charge is 0.326 e. The molecule has 5 heteroatoms. The average molecular weight is 314 g/mol. The molecule has 2 saturated heterocycles. The van der Waals surface area contributed by atoms with E-state index in [4.69, 9.17) is 0 Å². The number of H-pyrrole nitrogens is 1. The minimum absolute atomic E-state index is 0.0400. The maximum atomic E-state index is 11.7. The molecule has 2 aromatic rings. The Labute approximate surface area is 136 Å². The standard InChI is InChI=1S/C18H26N4O/c1-21-17-12-15(2-3-16(17)20-18(21)23)22-10-6-14(7-11-22)13-4-8-19-9-5-13/h2-3,12-14,19H,4-11H2,1H3,(H,20,23). The van der Waals surface area contributed by atoms with Gasteiger partial charge < -0.3 is 15.2 Å². The molecule has 3 heterocycles. The number of benzene rings is 1. The number of hydrogen-bond donors (Lipinski definition) is 2. The molecule has 2 fully saturated rings. The zero-order valence-electron chi connectivity index (χ0n) is 13.8. The van der Waals surface area contributed by atoms with E-state index in [1.165, 1.54) is 44.5 Å². The number of fused-ring (bicyclic) bond motifs is 1. The van der Waals surface area contributed by atoms with Crippen molar-refractivity contribution in [3.63, 3.8) is 0 Å². The van der Waals surface area contributed by atoms with Gasteiger partial charge in [-0.15, -0.1) is 0 Å². The van der Waals surface area contributed by atoms with Crippen LogP contribution in [0.3, 0.4) is 0 Å². The summed E-state index contributed by atoms with van der Waals surface area (Å²) in [6.45, 7) is 4.67. The lowest BCUT2D eigenvalue weighted by Crippen LogP contribution is -2.39. The van der Waals surface area contributed by atoms with E-state index < -0.39 is 0 Å². The quantitative estimate of drug-likeness (QED) is 0.892. The van der Waals surface area contributed by atoms with Gasteiger partial charge in [0.1, 0.15) is 0 Å². The predicted molar refractivity (Wildman–Crippen MR) is 94.1 cm³/mol. The monoisotopic (exact) mass is 314 g/mol. The number of aromatic nitrogens is 2. The van der Waals surface area contributed by atoms with Gasteiger partial charge in [-0.05, 0) is 68.8 Å². The van der Waals surface area contributed by atoms with Crippen LogP contribution in [0.5, 0.6) is 0 Å². The van der Waals surface area contributed by atoms with Crippen LogP contribution in [0.15, 0.2) is 23.0 Å². The van der Waals surface area contributed by atoms with Gasteiger partial charge in [-0.1, -0.05) is 0 Å². The zero-order chi connectivity index (χ0) is 15.8. The Kier molecular flexibility index (Phi) is 3.89. The molecule has 0 unspecified atom stereocenters. The van der Waals surface area contributed by atoms with Gasteiger partial charge in [-0.3, -0.25) is 4.57 Å². The van der Waals surface area contributed by atoms with Crippen molar-refractivity contribution in [3.8, 4) is 0 Å². The fourth-order valence-corrected chi connectivity index (χ4v) is 4.35. The summed E-state index contributed by atoms with van der Waals surface area (Å²) in [7, 11) is 1.83. The molecular formula is C18H26N4O. The van der Waals surface area contributed by atoms with E-state index >= 15 is 0 Å². The summed E-state index contributed by atoms with van der Waals surface area (Å²) in [6.07, 6.45) is 5.30. The highest BCUT2D eigenvalue weighted by Crippen LogP contribution is 2.33. The van der Waals surface area contributed by atoms with Crippen molar-refractivity contribution in [1.82, 2.24) is 14.9 Å². The van der Waals surface area contributed by atoms with Crippen molar-refractivity contribution in [2.24, 2.45) is 18.9 Å². The lowest BCUT2D eigenvalue weighted by molar-refractivity contribution is 0.222. The van der Waals surface area contributed by atoms with Crippen molar-refractivity contribution >= 4 is 16.7 Å². The molecule has 0 amide bonds. The van der Waals surface area contributed by atoms with Gasteiger partial charge in [0.15, 0.2) is 0 Å². The van der Waals surface area contributed by atoms with Crippen molar-refractivity contribution in [1.29, 1.82) is 0 Å². The topological polar surface area (TPSA) is 53.1 Å². The van der Waals surface area contributed by atoms with Crippen LogP contribution in [-0.4, -0.2) is 35.7 Å². The highest BCUT2D eigenvalue weighted by molar-refractivity contribution is 5.79.